The molecule has 1 saturated carbocycles. The molecule has 0 aromatic carbocycles. The fourth-order valence-electron chi connectivity index (χ4n) is 6.08. The van der Waals surface area contributed by atoms with Gasteiger partial charge in [-0.25, -0.2) is 9.59 Å². The highest BCUT2D eigenvalue weighted by molar-refractivity contribution is 5.91. The van der Waals surface area contributed by atoms with Gasteiger partial charge in [0.05, 0.1) is 26.9 Å². The summed E-state index contributed by atoms with van der Waals surface area (Å²) in [6.45, 7) is 4.26. The fourth-order valence-corrected chi connectivity index (χ4v) is 6.08. The van der Waals surface area contributed by atoms with Crippen molar-refractivity contribution in [2.24, 2.45) is 11.8 Å². The second kappa shape index (κ2) is 13.4. The minimum atomic E-state index is -0.867. The summed E-state index contributed by atoms with van der Waals surface area (Å²) in [7, 11) is 1.33. The van der Waals surface area contributed by atoms with E-state index in [1.54, 1.807) is 14.7 Å². The molecule has 2 N–H and O–H groups in total. The summed E-state index contributed by atoms with van der Waals surface area (Å²) in [6.07, 6.45) is 7.60. The third kappa shape index (κ3) is 7.13. The Morgan fingerprint density at radius 3 is 2.32 bits per heavy atom. The number of carbonyl (C=O) groups is 4. The molecule has 1 aliphatic carbocycles. The lowest BCUT2D eigenvalue weighted by molar-refractivity contribution is -0.148. The molecule has 3 aliphatic heterocycles. The van der Waals surface area contributed by atoms with Crippen LogP contribution in [0.5, 0.6) is 0 Å². The highest BCUT2D eigenvalue weighted by Crippen LogP contribution is 2.28. The van der Waals surface area contributed by atoms with E-state index in [0.717, 1.165) is 51.6 Å². The van der Waals surface area contributed by atoms with E-state index in [9.17, 15) is 19.2 Å². The molecule has 2 unspecified atom stereocenters. The maximum atomic E-state index is 13.7. The van der Waals surface area contributed by atoms with Crippen molar-refractivity contribution in [2.75, 3.05) is 66.1 Å². The Labute approximate surface area is 219 Å². The Bertz CT molecular complexity index is 807. The number of nitrogens with zero attached hydrogens (tertiary/aromatic N) is 3. The Morgan fingerprint density at radius 1 is 0.946 bits per heavy atom. The second-order valence-corrected chi connectivity index (χ2v) is 10.7. The largest absolute Gasteiger partial charge is 0.467 e. The zero-order valence-corrected chi connectivity index (χ0v) is 22.1. The number of amides is 4. The molecule has 0 aromatic heterocycles. The number of nitrogens with one attached hydrogen (secondary N) is 2. The summed E-state index contributed by atoms with van der Waals surface area (Å²) in [6, 6.07) is -1.86. The molecule has 0 radical (unpaired) electrons. The Hall–Kier alpha value is -2.40. The minimum absolute atomic E-state index is 0.0458. The molecule has 37 heavy (non-hydrogen) atoms. The minimum Gasteiger partial charge on any atom is -0.467 e. The van der Waals surface area contributed by atoms with Crippen molar-refractivity contribution < 1.29 is 28.7 Å². The molecule has 3 saturated heterocycles. The zero-order chi connectivity index (χ0) is 26.2. The van der Waals surface area contributed by atoms with Crippen molar-refractivity contribution in [3.63, 3.8) is 0 Å². The van der Waals surface area contributed by atoms with Gasteiger partial charge in [-0.1, -0.05) is 32.1 Å². The lowest BCUT2D eigenvalue weighted by atomic mass is 9.84. The van der Waals surface area contributed by atoms with Crippen LogP contribution in [0.4, 0.5) is 4.79 Å². The second-order valence-electron chi connectivity index (χ2n) is 10.7. The van der Waals surface area contributed by atoms with Gasteiger partial charge in [-0.15, -0.1) is 0 Å². The van der Waals surface area contributed by atoms with Gasteiger partial charge in [0.2, 0.25) is 11.8 Å². The highest BCUT2D eigenvalue weighted by atomic mass is 16.5. The number of piperidine rings is 1. The summed E-state index contributed by atoms with van der Waals surface area (Å²) >= 11 is 0. The molecule has 4 rings (SSSR count). The van der Waals surface area contributed by atoms with Crippen molar-refractivity contribution in [1.29, 1.82) is 0 Å². The first-order valence-corrected chi connectivity index (χ1v) is 14.0. The van der Waals surface area contributed by atoms with Gasteiger partial charge in [-0.2, -0.15) is 0 Å². The number of carbonyl (C=O) groups excluding carboxylic acids is 4. The predicted molar refractivity (Wildman–Crippen MR) is 136 cm³/mol. The number of rotatable bonds is 6. The van der Waals surface area contributed by atoms with E-state index in [0.29, 0.717) is 45.2 Å². The van der Waals surface area contributed by atoms with Crippen LogP contribution in [0.25, 0.3) is 0 Å². The molecule has 3 heterocycles. The summed E-state index contributed by atoms with van der Waals surface area (Å²) < 4.78 is 10.4. The number of urea groups is 1. The van der Waals surface area contributed by atoms with Crippen LogP contribution in [-0.2, 0) is 23.9 Å². The molecule has 0 aromatic rings. The molecule has 208 valence electrons. The zero-order valence-electron chi connectivity index (χ0n) is 22.1. The number of methoxy groups -OCH3 is 1. The predicted octanol–water partition coefficient (Wildman–Crippen LogP) is 0.579. The highest BCUT2D eigenvalue weighted by Gasteiger charge is 2.41. The molecule has 2 atom stereocenters. The van der Waals surface area contributed by atoms with Gasteiger partial charge in [-0.05, 0) is 38.3 Å². The Balaban J connectivity index is 1.49. The van der Waals surface area contributed by atoms with Gasteiger partial charge in [0, 0.05) is 32.1 Å². The van der Waals surface area contributed by atoms with Gasteiger partial charge in [-0.3, -0.25) is 9.59 Å². The molecule has 0 bridgehead atoms. The van der Waals surface area contributed by atoms with Crippen LogP contribution in [0.3, 0.4) is 0 Å². The van der Waals surface area contributed by atoms with Gasteiger partial charge in [0.25, 0.3) is 0 Å². The van der Waals surface area contributed by atoms with Crippen LogP contribution in [0.1, 0.15) is 51.4 Å². The van der Waals surface area contributed by atoms with E-state index >= 15 is 0 Å². The molecule has 4 fully saturated rings. The van der Waals surface area contributed by atoms with Crippen LogP contribution in [0.15, 0.2) is 0 Å². The smallest absolute Gasteiger partial charge is 0.328 e. The van der Waals surface area contributed by atoms with Crippen molar-refractivity contribution in [2.45, 2.75) is 63.5 Å². The lowest BCUT2D eigenvalue weighted by Crippen LogP contribution is -2.65. The van der Waals surface area contributed by atoms with Crippen molar-refractivity contribution >= 4 is 23.8 Å². The van der Waals surface area contributed by atoms with Gasteiger partial charge in [0.1, 0.15) is 12.1 Å². The third-order valence-corrected chi connectivity index (χ3v) is 8.31. The fraction of sp³-hybridized carbons (Fsp3) is 0.846. The third-order valence-electron chi connectivity index (χ3n) is 8.31. The monoisotopic (exact) mass is 521 g/mol. The van der Waals surface area contributed by atoms with Crippen LogP contribution in [0, 0.1) is 11.8 Å². The summed E-state index contributed by atoms with van der Waals surface area (Å²) in [5.74, 6) is -0.544. The molecule has 4 aliphatic rings. The number of piperazine rings is 1. The number of morpholine rings is 1. The van der Waals surface area contributed by atoms with Gasteiger partial charge >= 0.3 is 12.0 Å². The van der Waals surface area contributed by atoms with E-state index in [1.807, 2.05) is 0 Å². The average molecular weight is 522 g/mol. The van der Waals surface area contributed by atoms with Crippen LogP contribution < -0.4 is 10.6 Å². The summed E-state index contributed by atoms with van der Waals surface area (Å²) in [5, 5.41) is 6.19. The quantitative estimate of drug-likeness (QED) is 0.491. The summed E-state index contributed by atoms with van der Waals surface area (Å²) in [4.78, 5) is 58.1. The molecule has 11 nitrogen and oxygen atoms in total. The molecule has 4 amide bonds. The lowest BCUT2D eigenvalue weighted by Gasteiger charge is -2.44. The Kier molecular flexibility index (Phi) is 10.0. The van der Waals surface area contributed by atoms with Crippen molar-refractivity contribution in [3.8, 4) is 0 Å². The van der Waals surface area contributed by atoms with Crippen LogP contribution in [0.2, 0.25) is 0 Å². The maximum Gasteiger partial charge on any atom is 0.328 e. The first kappa shape index (κ1) is 27.6. The average Bonchev–Trinajstić information content (AvgIpc) is 2.96. The number of hydrogen-bond acceptors (Lipinski definition) is 7. The summed E-state index contributed by atoms with van der Waals surface area (Å²) in [5.41, 5.74) is 0. The van der Waals surface area contributed by atoms with Crippen molar-refractivity contribution in [3.05, 3.63) is 0 Å². The van der Waals surface area contributed by atoms with Crippen molar-refractivity contribution in [1.82, 2.24) is 25.3 Å². The standard InChI is InChI=1S/C26H43N5O6/c1-36-25(34)21(17-19-5-3-2-4-6-19)28-23(32)22-18-30(24(33)20-7-9-27-10-8-20)11-12-31(22)26(35)29-13-15-37-16-14-29/h19-22,27H,2-18H2,1H3,(H,28,32). The number of esters is 1. The number of hydrogen-bond donors (Lipinski definition) is 2. The van der Waals surface area contributed by atoms with Gasteiger partial charge in [0.15, 0.2) is 0 Å². The maximum absolute atomic E-state index is 13.7. The Morgan fingerprint density at radius 2 is 1.65 bits per heavy atom. The molecular weight excluding hydrogens is 478 g/mol. The first-order valence-electron chi connectivity index (χ1n) is 14.0. The van der Waals surface area contributed by atoms with E-state index in [2.05, 4.69) is 10.6 Å². The van der Waals surface area contributed by atoms with Crippen LogP contribution in [-0.4, -0.2) is 117 Å². The number of ether oxygens (including phenoxy) is 2. The SMILES string of the molecule is COC(=O)C(CC1CCCCC1)NC(=O)C1CN(C(=O)C2CCNCC2)CCN1C(=O)N1CCOCC1. The molecule has 11 heteroatoms. The van der Waals surface area contributed by atoms with E-state index in [4.69, 9.17) is 9.47 Å². The van der Waals surface area contributed by atoms with Gasteiger partial charge < -0.3 is 34.8 Å². The van der Waals surface area contributed by atoms with E-state index < -0.39 is 24.0 Å². The topological polar surface area (TPSA) is 121 Å². The normalized spacial score (nSPS) is 24.9. The van der Waals surface area contributed by atoms with E-state index in [-0.39, 0.29) is 30.9 Å². The molecule has 0 spiro atoms. The van der Waals surface area contributed by atoms with E-state index in [1.165, 1.54) is 13.5 Å². The van der Waals surface area contributed by atoms with Crippen LogP contribution >= 0.6 is 0 Å². The molecular formula is C26H43N5O6. The first-order chi connectivity index (χ1) is 18.0.